The van der Waals surface area contributed by atoms with Crippen molar-refractivity contribution >= 4 is 29.2 Å². The highest BCUT2D eigenvalue weighted by Gasteiger charge is 2.56. The van der Waals surface area contributed by atoms with Crippen LogP contribution in [0.15, 0.2) is 47.6 Å². The average Bonchev–Trinajstić information content (AvgIpc) is 3.27. The van der Waals surface area contributed by atoms with E-state index in [0.717, 1.165) is 18.4 Å². The van der Waals surface area contributed by atoms with Gasteiger partial charge < -0.3 is 43.9 Å². The number of ketones is 3. The number of allylic oxidation sites excluding steroid dienone is 6. The maximum atomic E-state index is 14.2. The van der Waals surface area contributed by atoms with Crippen molar-refractivity contribution in [3.8, 4) is 0 Å². The lowest BCUT2D eigenvalue weighted by Crippen LogP contribution is -2.64. The normalized spacial score (nSPS) is 33.2. The molecule has 3 heterocycles. The minimum absolute atomic E-state index is 0.0329. The highest BCUT2D eigenvalue weighted by atomic mass is 16.6. The number of amides is 1. The Hall–Kier alpha value is -3.37. The van der Waals surface area contributed by atoms with Crippen LogP contribution in [0.1, 0.15) is 120 Å². The molecule has 4 fully saturated rings. The number of methoxy groups -OCH3 is 3. The van der Waals surface area contributed by atoms with E-state index in [2.05, 4.69) is 0 Å². The molecule has 0 radical (unpaired) electrons. The quantitative estimate of drug-likeness (QED) is 0.0523. The molecule has 1 amide bonds. The van der Waals surface area contributed by atoms with Gasteiger partial charge >= 0.3 is 5.97 Å². The van der Waals surface area contributed by atoms with Crippen LogP contribution in [0.2, 0.25) is 0 Å². The van der Waals surface area contributed by atoms with Crippen LogP contribution >= 0.6 is 0 Å². The van der Waals surface area contributed by atoms with Gasteiger partial charge in [0.25, 0.3) is 11.7 Å². The Bertz CT molecular complexity index is 1770. The first-order valence-corrected chi connectivity index (χ1v) is 23.8. The summed E-state index contributed by atoms with van der Waals surface area (Å²) >= 11 is 0. The van der Waals surface area contributed by atoms with Crippen molar-refractivity contribution in [1.29, 1.82) is 0 Å². The van der Waals surface area contributed by atoms with E-state index >= 15 is 0 Å². The Morgan fingerprint density at radius 2 is 1.65 bits per heavy atom. The summed E-state index contributed by atoms with van der Waals surface area (Å²) in [4.78, 5) is 68.1. The Labute approximate surface area is 387 Å². The van der Waals surface area contributed by atoms with E-state index < -0.39 is 65.9 Å². The maximum Gasteiger partial charge on any atom is 0.329 e. The topological polar surface area (TPSA) is 195 Å². The second-order valence-corrected chi connectivity index (χ2v) is 19.6. The van der Waals surface area contributed by atoms with Crippen LogP contribution < -0.4 is 0 Å². The van der Waals surface area contributed by atoms with E-state index in [1.165, 1.54) is 18.9 Å². The number of hydrogen-bond donors (Lipinski definition) is 3. The van der Waals surface area contributed by atoms with Crippen molar-refractivity contribution in [1.82, 2.24) is 4.90 Å². The molecular formula is C51H79NO13. The molecule has 0 aromatic carbocycles. The number of hydrogen-bond acceptors (Lipinski definition) is 13. The van der Waals surface area contributed by atoms with Gasteiger partial charge in [-0.25, -0.2) is 4.79 Å². The summed E-state index contributed by atoms with van der Waals surface area (Å²) in [7, 11) is 4.58. The smallest absolute Gasteiger partial charge is 0.329 e. The van der Waals surface area contributed by atoms with Gasteiger partial charge in [-0.15, -0.1) is 0 Å². The predicted octanol–water partition coefficient (Wildman–Crippen LogP) is 6.04. The van der Waals surface area contributed by atoms with Crippen molar-refractivity contribution in [2.75, 3.05) is 27.9 Å². The fourth-order valence-corrected chi connectivity index (χ4v) is 10.5. The molecule has 3 saturated heterocycles. The van der Waals surface area contributed by atoms with Crippen molar-refractivity contribution in [2.45, 2.75) is 174 Å². The molecule has 0 aromatic heterocycles. The molecular weight excluding hydrogens is 835 g/mol. The lowest BCUT2D eigenvalue weighted by atomic mass is 9.69. The van der Waals surface area contributed by atoms with Gasteiger partial charge in [0.2, 0.25) is 5.79 Å². The second-order valence-electron chi connectivity index (χ2n) is 19.6. The Morgan fingerprint density at radius 1 is 0.938 bits per heavy atom. The predicted molar refractivity (Wildman–Crippen MR) is 245 cm³/mol. The Kier molecular flexibility index (Phi) is 20.5. The number of cyclic esters (lactones) is 1. The standard InChI is InChI=1S/C51H79NO13/c1-29(24-32(4)45(55)47(63-11)46(56)33(5)25-31(3)35(7)53)16-13-12-14-17-30(2)42(61-9)28-38-21-19-34(6)51(60,65-38)48(57)49(58)52-23-15-18-39-40(36(8)64-50(59)44(39)52)26-37-20-22-41(54)43(27-37)62-10/h12-14,16-17,25,29,31-32,34,36-44,46-47,54,56,60H,15,18-24,26-28H2,1-11H3/t29-,31-,32-,34-,36+,37+,38+,39?,40-,41-,42+,43-,44+,46-,47+,51-/m1/s1. The summed E-state index contributed by atoms with van der Waals surface area (Å²) in [6.07, 6.45) is 12.9. The fraction of sp³-hybridized carbons (Fsp3) is 0.745. The van der Waals surface area contributed by atoms with E-state index in [4.69, 9.17) is 23.7 Å². The van der Waals surface area contributed by atoms with E-state index in [0.29, 0.717) is 56.9 Å². The first-order valence-electron chi connectivity index (χ1n) is 23.8. The number of piperidine rings is 1. The summed E-state index contributed by atoms with van der Waals surface area (Å²) in [6.45, 7) is 14.4. The van der Waals surface area contributed by atoms with Gasteiger partial charge in [-0.2, -0.15) is 0 Å². The second kappa shape index (κ2) is 24.6. The van der Waals surface area contributed by atoms with Crippen molar-refractivity contribution in [2.24, 2.45) is 41.4 Å². The number of nitrogens with zero attached hydrogens (tertiary/aromatic N) is 1. The minimum Gasteiger partial charge on any atom is -0.461 e. The van der Waals surface area contributed by atoms with Crippen LogP contribution in [0.4, 0.5) is 0 Å². The van der Waals surface area contributed by atoms with Gasteiger partial charge in [-0.1, -0.05) is 64.2 Å². The third kappa shape index (κ3) is 13.6. The number of likely N-dealkylation sites (tertiary alicyclic amines) is 1. The molecule has 14 heteroatoms. The number of aliphatic hydroxyl groups is 3. The summed E-state index contributed by atoms with van der Waals surface area (Å²) in [6, 6.07) is -0.938. The fourth-order valence-electron chi connectivity index (χ4n) is 10.5. The molecule has 3 aliphatic heterocycles. The zero-order valence-electron chi connectivity index (χ0n) is 40.8. The van der Waals surface area contributed by atoms with Crippen LogP contribution in [0, 0.1) is 41.4 Å². The highest BCUT2D eigenvalue weighted by molar-refractivity contribution is 6.39. The van der Waals surface area contributed by atoms with Crippen molar-refractivity contribution < 1.29 is 63.0 Å². The lowest BCUT2D eigenvalue weighted by molar-refractivity contribution is -0.266. The zero-order chi connectivity index (χ0) is 48.3. The molecule has 14 nitrogen and oxygen atoms in total. The summed E-state index contributed by atoms with van der Waals surface area (Å²) in [5.41, 5.74) is 1.40. The van der Waals surface area contributed by atoms with Crippen LogP contribution in [0.5, 0.6) is 0 Å². The van der Waals surface area contributed by atoms with Gasteiger partial charge in [0.1, 0.15) is 30.1 Å². The third-order valence-electron chi connectivity index (χ3n) is 14.8. The molecule has 0 bridgehead atoms. The number of rotatable bonds is 21. The number of esters is 1. The summed E-state index contributed by atoms with van der Waals surface area (Å²) < 4.78 is 28.8. The number of fused-ring (bicyclic) bond motifs is 1. The molecule has 65 heavy (non-hydrogen) atoms. The largest absolute Gasteiger partial charge is 0.461 e. The Morgan fingerprint density at radius 3 is 2.29 bits per heavy atom. The van der Waals surface area contributed by atoms with Crippen LogP contribution in [-0.2, 0) is 47.7 Å². The molecule has 4 aliphatic rings. The van der Waals surface area contributed by atoms with Gasteiger partial charge in [0.15, 0.2) is 5.78 Å². The molecule has 0 spiro atoms. The van der Waals surface area contributed by atoms with E-state index in [1.54, 1.807) is 41.1 Å². The summed E-state index contributed by atoms with van der Waals surface area (Å²) in [5, 5.41) is 33.1. The van der Waals surface area contributed by atoms with E-state index in [1.807, 2.05) is 58.1 Å². The molecule has 1 unspecified atom stereocenters. The highest BCUT2D eigenvalue weighted by Crippen LogP contribution is 2.44. The van der Waals surface area contributed by atoms with Crippen molar-refractivity contribution in [3.05, 3.63) is 47.6 Å². The first-order chi connectivity index (χ1) is 30.7. The first kappa shape index (κ1) is 54.2. The molecule has 3 N–H and O–H groups in total. The average molecular weight is 914 g/mol. The number of aliphatic hydroxyl groups excluding tert-OH is 2. The zero-order valence-corrected chi connectivity index (χ0v) is 40.8. The van der Waals surface area contributed by atoms with Crippen molar-refractivity contribution in [3.63, 3.8) is 0 Å². The number of Topliss-reactive ketones (excluding diaryl/α,β-unsaturated/α-hetero) is 3. The maximum absolute atomic E-state index is 14.2. The molecule has 366 valence electrons. The number of carbonyl (C=O) groups excluding carboxylic acids is 5. The lowest BCUT2D eigenvalue weighted by Gasteiger charge is -2.49. The van der Waals surface area contributed by atoms with Gasteiger partial charge in [0.05, 0.1) is 24.4 Å². The Balaban J connectivity index is 1.34. The SMILES string of the molecule is CO[C@@H](C[C@@H]1CC[C@@H](C)[C@](O)(C(=O)C(=O)N2CCCC3[C@H]2C(=O)O[C@@H](C)[C@H]3C[C@@H]2CC[C@@H](O)[C@H](OC)C2)O1)C(C)=CC=CC=C[C@@H](C)C[C@@H](C)C(=O)[C@H](OC)[C@H](O)C(C)=C[C@@H](C)C(C)=O. The minimum atomic E-state index is -2.38. The molecule has 1 saturated carbocycles. The van der Waals surface area contributed by atoms with Gasteiger partial charge in [-0.3, -0.25) is 19.2 Å². The van der Waals surface area contributed by atoms with Gasteiger partial charge in [-0.05, 0) is 114 Å². The molecule has 4 rings (SSSR count). The van der Waals surface area contributed by atoms with Crippen LogP contribution in [0.25, 0.3) is 0 Å². The molecule has 1 aliphatic carbocycles. The van der Waals surface area contributed by atoms with E-state index in [9.17, 15) is 39.3 Å². The van der Waals surface area contributed by atoms with Crippen LogP contribution in [-0.4, -0.2) is 132 Å². The van der Waals surface area contributed by atoms with Crippen LogP contribution in [0.3, 0.4) is 0 Å². The summed E-state index contributed by atoms with van der Waals surface area (Å²) in [5.74, 6) is -6.56. The molecule has 16 atom stereocenters. The third-order valence-corrected chi connectivity index (χ3v) is 14.8. The number of carbonyl (C=O) groups is 5. The van der Waals surface area contributed by atoms with E-state index in [-0.39, 0.29) is 65.8 Å². The van der Waals surface area contributed by atoms with Gasteiger partial charge in [0, 0.05) is 58.0 Å². The monoisotopic (exact) mass is 914 g/mol. The molecule has 0 aromatic rings. The number of ether oxygens (including phenoxy) is 5.